The molecular weight excluding hydrogens is 281 g/mol. The third-order valence-corrected chi connectivity index (χ3v) is 3.72. The zero-order chi connectivity index (χ0) is 12.6. The average molecular weight is 292 g/mol. The molecule has 4 nitrogen and oxygen atoms in total. The predicted molar refractivity (Wildman–Crippen MR) is 68.8 cm³/mol. The normalized spacial score (nSPS) is 13.3. The number of aliphatic hydroxyl groups is 1. The number of nitrogens with zero attached hydrogens (tertiary/aromatic N) is 3. The Morgan fingerprint density at radius 2 is 2.06 bits per heavy atom. The highest BCUT2D eigenvalue weighted by Gasteiger charge is 2.23. The summed E-state index contributed by atoms with van der Waals surface area (Å²) < 4.78 is 2.22. The molecule has 0 aliphatic heterocycles. The Hall–Kier alpha value is -0.620. The van der Waals surface area contributed by atoms with Crippen molar-refractivity contribution in [3.8, 4) is 0 Å². The lowest BCUT2D eigenvalue weighted by atomic mass is 10.2. The second-order valence-electron chi connectivity index (χ2n) is 3.82. The number of aromatic nitrogens is 3. The van der Waals surface area contributed by atoms with Gasteiger partial charge in [-0.1, -0.05) is 23.2 Å². The van der Waals surface area contributed by atoms with Crippen LogP contribution in [0.4, 0.5) is 0 Å². The maximum Gasteiger partial charge on any atom is 0.149 e. The molecule has 0 fully saturated rings. The molecule has 0 saturated heterocycles. The van der Waals surface area contributed by atoms with Crippen LogP contribution in [0.1, 0.15) is 36.7 Å². The van der Waals surface area contributed by atoms with E-state index in [2.05, 4.69) is 10.1 Å². The molecule has 92 valence electrons. The molecule has 2 aromatic heterocycles. The zero-order valence-electron chi connectivity index (χ0n) is 9.26. The lowest BCUT2D eigenvalue weighted by Crippen LogP contribution is -2.12. The van der Waals surface area contributed by atoms with Crippen LogP contribution in [-0.2, 0) is 0 Å². The molecule has 1 atom stereocenters. The van der Waals surface area contributed by atoms with Gasteiger partial charge in [0.25, 0.3) is 0 Å². The minimum atomic E-state index is -0.898. The third-order valence-electron chi connectivity index (χ3n) is 2.26. The summed E-state index contributed by atoms with van der Waals surface area (Å²) in [5.74, 6) is 0. The molecule has 2 rings (SSSR count). The van der Waals surface area contributed by atoms with Crippen LogP contribution in [0, 0.1) is 0 Å². The van der Waals surface area contributed by atoms with Gasteiger partial charge in [0, 0.05) is 6.04 Å². The minimum absolute atomic E-state index is 0.114. The van der Waals surface area contributed by atoms with Gasteiger partial charge in [0.2, 0.25) is 0 Å². The molecule has 2 heterocycles. The predicted octanol–water partition coefficient (Wildman–Crippen LogP) is 3.31. The van der Waals surface area contributed by atoms with Crippen LogP contribution in [0.15, 0.2) is 12.4 Å². The molecule has 1 unspecified atom stereocenters. The summed E-state index contributed by atoms with van der Waals surface area (Å²) in [6.45, 7) is 3.93. The van der Waals surface area contributed by atoms with E-state index in [1.54, 1.807) is 4.68 Å². The Morgan fingerprint density at radius 3 is 2.59 bits per heavy atom. The number of aliphatic hydroxyl groups excluding tert-OH is 1. The van der Waals surface area contributed by atoms with Crippen LogP contribution in [-0.4, -0.2) is 19.9 Å². The zero-order valence-corrected chi connectivity index (χ0v) is 11.6. The van der Waals surface area contributed by atoms with Crippen molar-refractivity contribution in [2.24, 2.45) is 0 Å². The van der Waals surface area contributed by atoms with Crippen molar-refractivity contribution in [1.29, 1.82) is 0 Å². The summed E-state index contributed by atoms with van der Waals surface area (Å²) in [6.07, 6.45) is 2.13. The van der Waals surface area contributed by atoms with Gasteiger partial charge in [0.05, 0.1) is 23.1 Å². The summed E-state index contributed by atoms with van der Waals surface area (Å²) >= 11 is 13.1. The fraction of sp³-hybridized carbons (Fsp3) is 0.400. The molecule has 1 N–H and O–H groups in total. The highest BCUT2D eigenvalue weighted by atomic mass is 35.5. The van der Waals surface area contributed by atoms with Gasteiger partial charge in [0.15, 0.2) is 0 Å². The van der Waals surface area contributed by atoms with E-state index in [0.717, 1.165) is 0 Å². The SMILES string of the molecule is CC(C)n1ncc(Cl)c1C(O)c1ncc(Cl)s1. The maximum atomic E-state index is 10.2. The van der Waals surface area contributed by atoms with Gasteiger partial charge in [0.1, 0.15) is 15.4 Å². The fourth-order valence-corrected chi connectivity index (χ4v) is 2.68. The van der Waals surface area contributed by atoms with Crippen molar-refractivity contribution in [1.82, 2.24) is 14.8 Å². The smallest absolute Gasteiger partial charge is 0.149 e. The standard InChI is InChI=1S/C10H11Cl2N3OS/c1-5(2)15-8(6(11)3-14-15)9(16)10-13-4-7(12)17-10/h3-5,9,16H,1-2H3. The molecular formula is C10H11Cl2N3OS. The number of halogens is 2. The first kappa shape index (κ1) is 12.8. The largest absolute Gasteiger partial charge is 0.379 e. The molecule has 0 aliphatic rings. The number of hydrogen-bond acceptors (Lipinski definition) is 4. The van der Waals surface area contributed by atoms with Gasteiger partial charge >= 0.3 is 0 Å². The second-order valence-corrected chi connectivity index (χ2v) is 5.92. The first-order chi connectivity index (χ1) is 8.00. The quantitative estimate of drug-likeness (QED) is 0.944. The molecule has 0 radical (unpaired) electrons. The van der Waals surface area contributed by atoms with Crippen LogP contribution in [0.5, 0.6) is 0 Å². The van der Waals surface area contributed by atoms with Crippen LogP contribution >= 0.6 is 34.5 Å². The number of thiazole rings is 1. The number of rotatable bonds is 3. The van der Waals surface area contributed by atoms with E-state index in [0.29, 0.717) is 20.1 Å². The molecule has 2 aromatic rings. The van der Waals surface area contributed by atoms with Crippen molar-refractivity contribution < 1.29 is 5.11 Å². The Morgan fingerprint density at radius 1 is 1.35 bits per heavy atom. The summed E-state index contributed by atoms with van der Waals surface area (Å²) in [4.78, 5) is 4.05. The van der Waals surface area contributed by atoms with E-state index < -0.39 is 6.10 Å². The van der Waals surface area contributed by atoms with Crippen molar-refractivity contribution in [3.63, 3.8) is 0 Å². The average Bonchev–Trinajstić information content (AvgIpc) is 2.83. The highest BCUT2D eigenvalue weighted by Crippen LogP contribution is 2.33. The lowest BCUT2D eigenvalue weighted by molar-refractivity contribution is 0.204. The van der Waals surface area contributed by atoms with Crippen LogP contribution < -0.4 is 0 Å². The van der Waals surface area contributed by atoms with E-state index in [1.165, 1.54) is 23.7 Å². The summed E-state index contributed by atoms with van der Waals surface area (Å²) in [6, 6.07) is 0.114. The molecule has 7 heteroatoms. The van der Waals surface area contributed by atoms with Gasteiger partial charge < -0.3 is 5.11 Å². The van der Waals surface area contributed by atoms with Crippen molar-refractivity contribution in [2.75, 3.05) is 0 Å². The summed E-state index contributed by atoms with van der Waals surface area (Å²) in [7, 11) is 0. The van der Waals surface area contributed by atoms with E-state index in [-0.39, 0.29) is 6.04 Å². The van der Waals surface area contributed by atoms with Gasteiger partial charge in [-0.3, -0.25) is 4.68 Å². The van der Waals surface area contributed by atoms with Crippen molar-refractivity contribution in [2.45, 2.75) is 26.0 Å². The minimum Gasteiger partial charge on any atom is -0.379 e. The molecule has 0 saturated carbocycles. The summed E-state index contributed by atoms with van der Waals surface area (Å²) in [5, 5.41) is 15.3. The molecule has 17 heavy (non-hydrogen) atoms. The Kier molecular flexibility index (Phi) is 3.73. The fourth-order valence-electron chi connectivity index (χ4n) is 1.53. The van der Waals surface area contributed by atoms with Crippen molar-refractivity contribution in [3.05, 3.63) is 32.5 Å². The first-order valence-corrected chi connectivity index (χ1v) is 6.60. The molecule has 0 aromatic carbocycles. The third kappa shape index (κ3) is 2.47. The topological polar surface area (TPSA) is 50.9 Å². The van der Waals surface area contributed by atoms with Gasteiger partial charge in [-0.2, -0.15) is 5.10 Å². The highest BCUT2D eigenvalue weighted by molar-refractivity contribution is 7.15. The molecule has 0 bridgehead atoms. The van der Waals surface area contributed by atoms with Gasteiger partial charge in [-0.15, -0.1) is 11.3 Å². The van der Waals surface area contributed by atoms with E-state index in [9.17, 15) is 5.11 Å². The Balaban J connectivity index is 2.43. The maximum absolute atomic E-state index is 10.2. The number of hydrogen-bond donors (Lipinski definition) is 1. The summed E-state index contributed by atoms with van der Waals surface area (Å²) in [5.41, 5.74) is 0.549. The molecule has 0 amide bonds. The van der Waals surface area contributed by atoms with Crippen molar-refractivity contribution >= 4 is 34.5 Å². The lowest BCUT2D eigenvalue weighted by Gasteiger charge is -2.14. The van der Waals surface area contributed by atoms with Gasteiger partial charge in [-0.05, 0) is 13.8 Å². The second kappa shape index (κ2) is 4.94. The molecule has 0 spiro atoms. The Bertz CT molecular complexity index is 523. The monoisotopic (exact) mass is 291 g/mol. The molecule has 0 aliphatic carbocycles. The van der Waals surface area contributed by atoms with Crippen LogP contribution in [0.2, 0.25) is 9.36 Å². The van der Waals surface area contributed by atoms with Gasteiger partial charge in [-0.25, -0.2) is 4.98 Å². The Labute approximate surface area is 113 Å². The van der Waals surface area contributed by atoms with E-state index in [4.69, 9.17) is 23.2 Å². The van der Waals surface area contributed by atoms with E-state index >= 15 is 0 Å². The van der Waals surface area contributed by atoms with Crippen LogP contribution in [0.25, 0.3) is 0 Å². The van der Waals surface area contributed by atoms with Crippen LogP contribution in [0.3, 0.4) is 0 Å². The van der Waals surface area contributed by atoms with E-state index in [1.807, 2.05) is 13.8 Å². The first-order valence-electron chi connectivity index (χ1n) is 5.03.